The molecule has 10 heavy (non-hydrogen) atoms. The normalized spacial score (nSPS) is 23.0. The predicted octanol–water partition coefficient (Wildman–Crippen LogP) is 1.44. The molecule has 1 aliphatic heterocycles. The molecule has 3 nitrogen and oxygen atoms in total. The van der Waals surface area contributed by atoms with Crippen molar-refractivity contribution in [1.29, 1.82) is 0 Å². The minimum atomic E-state index is 0.241. The first kappa shape index (κ1) is 5.65. The van der Waals surface area contributed by atoms with Crippen molar-refractivity contribution in [1.82, 2.24) is 0 Å². The SMILES string of the molecule is OC1=C2OCOC2=CCC1. The maximum atomic E-state index is 9.21. The highest BCUT2D eigenvalue weighted by molar-refractivity contribution is 5.28. The minimum absolute atomic E-state index is 0.241. The molecule has 0 aromatic heterocycles. The summed E-state index contributed by atoms with van der Waals surface area (Å²) in [6, 6.07) is 0. The summed E-state index contributed by atoms with van der Waals surface area (Å²) in [5, 5.41) is 9.21. The number of rotatable bonds is 0. The van der Waals surface area contributed by atoms with Crippen LogP contribution in [-0.4, -0.2) is 11.9 Å². The Morgan fingerprint density at radius 1 is 1.40 bits per heavy atom. The van der Waals surface area contributed by atoms with Gasteiger partial charge in [-0.25, -0.2) is 0 Å². The minimum Gasteiger partial charge on any atom is -0.508 e. The van der Waals surface area contributed by atoms with Gasteiger partial charge in [-0.05, 0) is 12.5 Å². The van der Waals surface area contributed by atoms with Crippen molar-refractivity contribution < 1.29 is 14.6 Å². The summed E-state index contributed by atoms with van der Waals surface area (Å²) in [5.74, 6) is 1.55. The Balaban J connectivity index is 2.38. The molecule has 1 saturated heterocycles. The topological polar surface area (TPSA) is 38.7 Å². The molecule has 0 amide bonds. The summed E-state index contributed by atoms with van der Waals surface area (Å²) in [5.41, 5.74) is 0. The number of hydrogen-bond donors (Lipinski definition) is 1. The molecule has 2 rings (SSSR count). The molecule has 1 aliphatic carbocycles. The molecule has 3 heteroatoms. The Hall–Kier alpha value is -1.12. The smallest absolute Gasteiger partial charge is 0.231 e. The fraction of sp³-hybridized carbons (Fsp3) is 0.429. The van der Waals surface area contributed by atoms with Gasteiger partial charge < -0.3 is 14.6 Å². The summed E-state index contributed by atoms with van der Waals surface area (Å²) in [4.78, 5) is 0. The lowest BCUT2D eigenvalue weighted by atomic mass is 10.1. The van der Waals surface area contributed by atoms with Gasteiger partial charge in [0.25, 0.3) is 0 Å². The van der Waals surface area contributed by atoms with Gasteiger partial charge in [0.1, 0.15) is 5.76 Å². The molecule has 0 atom stereocenters. The zero-order chi connectivity index (χ0) is 6.97. The Morgan fingerprint density at radius 2 is 2.30 bits per heavy atom. The lowest BCUT2D eigenvalue weighted by molar-refractivity contribution is 0.0947. The van der Waals surface area contributed by atoms with Gasteiger partial charge in [-0.15, -0.1) is 0 Å². The molecule has 2 aliphatic rings. The number of hydrogen-bond acceptors (Lipinski definition) is 3. The molecule has 0 radical (unpaired) electrons. The van der Waals surface area contributed by atoms with Crippen molar-refractivity contribution in [3.8, 4) is 0 Å². The number of aliphatic hydroxyl groups excluding tert-OH is 1. The van der Waals surface area contributed by atoms with E-state index in [1.165, 1.54) is 0 Å². The standard InChI is InChI=1S/C7H8O3/c8-5-2-1-3-6-7(5)10-4-9-6/h3,8H,1-2,4H2. The first-order valence-corrected chi connectivity index (χ1v) is 3.26. The third kappa shape index (κ3) is 0.667. The second-order valence-corrected chi connectivity index (χ2v) is 2.29. The summed E-state index contributed by atoms with van der Waals surface area (Å²) in [7, 11) is 0. The molecule has 0 spiro atoms. The van der Waals surface area contributed by atoms with Crippen LogP contribution >= 0.6 is 0 Å². The van der Waals surface area contributed by atoms with Gasteiger partial charge in [-0.1, -0.05) is 0 Å². The van der Waals surface area contributed by atoms with E-state index in [1.807, 2.05) is 6.08 Å². The monoisotopic (exact) mass is 140 g/mol. The Labute approximate surface area is 58.6 Å². The van der Waals surface area contributed by atoms with Crippen molar-refractivity contribution in [2.45, 2.75) is 12.8 Å². The lowest BCUT2D eigenvalue weighted by Crippen LogP contribution is -1.96. The van der Waals surface area contributed by atoms with Crippen molar-refractivity contribution in [3.63, 3.8) is 0 Å². The Bertz CT molecular complexity index is 209. The van der Waals surface area contributed by atoms with E-state index in [9.17, 15) is 5.11 Å². The van der Waals surface area contributed by atoms with Crippen LogP contribution in [0.4, 0.5) is 0 Å². The van der Waals surface area contributed by atoms with Gasteiger partial charge in [0.05, 0.1) is 0 Å². The van der Waals surface area contributed by atoms with Crippen molar-refractivity contribution in [3.05, 3.63) is 23.4 Å². The predicted molar refractivity (Wildman–Crippen MR) is 34.0 cm³/mol. The second kappa shape index (κ2) is 1.94. The highest BCUT2D eigenvalue weighted by Crippen LogP contribution is 2.29. The maximum absolute atomic E-state index is 9.21. The van der Waals surface area contributed by atoms with Gasteiger partial charge >= 0.3 is 0 Å². The molecule has 0 aromatic carbocycles. The molecule has 0 bridgehead atoms. The second-order valence-electron chi connectivity index (χ2n) is 2.29. The Morgan fingerprint density at radius 3 is 3.10 bits per heavy atom. The van der Waals surface area contributed by atoms with Crippen molar-refractivity contribution in [2.75, 3.05) is 6.79 Å². The molecule has 0 aromatic rings. The van der Waals surface area contributed by atoms with E-state index in [-0.39, 0.29) is 6.79 Å². The van der Waals surface area contributed by atoms with Crippen LogP contribution in [0, 0.1) is 0 Å². The van der Waals surface area contributed by atoms with Crippen LogP contribution in [-0.2, 0) is 9.47 Å². The average molecular weight is 140 g/mol. The largest absolute Gasteiger partial charge is 0.508 e. The van der Waals surface area contributed by atoms with Crippen LogP contribution in [0.25, 0.3) is 0 Å². The van der Waals surface area contributed by atoms with Crippen molar-refractivity contribution in [2.24, 2.45) is 0 Å². The van der Waals surface area contributed by atoms with Gasteiger partial charge in [0.2, 0.25) is 12.6 Å². The van der Waals surface area contributed by atoms with Crippen LogP contribution in [0.1, 0.15) is 12.8 Å². The van der Waals surface area contributed by atoms with E-state index in [4.69, 9.17) is 9.47 Å². The van der Waals surface area contributed by atoms with Gasteiger partial charge in [0, 0.05) is 6.42 Å². The average Bonchev–Trinajstić information content (AvgIpc) is 2.36. The first-order chi connectivity index (χ1) is 4.88. The van der Waals surface area contributed by atoms with Crippen LogP contribution in [0.15, 0.2) is 23.4 Å². The van der Waals surface area contributed by atoms with E-state index in [0.717, 1.165) is 6.42 Å². The fourth-order valence-electron chi connectivity index (χ4n) is 1.12. The molecule has 1 heterocycles. The highest BCUT2D eigenvalue weighted by atomic mass is 16.7. The summed E-state index contributed by atoms with van der Waals surface area (Å²) in [6.07, 6.45) is 3.44. The summed E-state index contributed by atoms with van der Waals surface area (Å²) >= 11 is 0. The van der Waals surface area contributed by atoms with E-state index < -0.39 is 0 Å². The molecular formula is C7H8O3. The number of ether oxygens (including phenoxy) is 2. The maximum Gasteiger partial charge on any atom is 0.231 e. The van der Waals surface area contributed by atoms with Crippen molar-refractivity contribution >= 4 is 0 Å². The molecular weight excluding hydrogens is 132 g/mol. The van der Waals surface area contributed by atoms with Crippen LogP contribution in [0.2, 0.25) is 0 Å². The molecule has 0 unspecified atom stereocenters. The van der Waals surface area contributed by atoms with E-state index in [2.05, 4.69) is 0 Å². The van der Waals surface area contributed by atoms with E-state index in [0.29, 0.717) is 23.7 Å². The molecule has 0 saturated carbocycles. The molecule has 54 valence electrons. The Kier molecular flexibility index (Phi) is 1.09. The number of aliphatic hydroxyl groups is 1. The van der Waals surface area contributed by atoms with Crippen LogP contribution in [0.3, 0.4) is 0 Å². The van der Waals surface area contributed by atoms with Gasteiger partial charge in [0.15, 0.2) is 5.76 Å². The van der Waals surface area contributed by atoms with Crippen LogP contribution < -0.4 is 0 Å². The number of fused-ring (bicyclic) bond motifs is 1. The van der Waals surface area contributed by atoms with E-state index >= 15 is 0 Å². The third-order valence-corrected chi connectivity index (χ3v) is 1.61. The van der Waals surface area contributed by atoms with Crippen LogP contribution in [0.5, 0.6) is 0 Å². The molecule has 1 N–H and O–H groups in total. The zero-order valence-corrected chi connectivity index (χ0v) is 5.46. The summed E-state index contributed by atoms with van der Waals surface area (Å²) in [6.45, 7) is 0.241. The number of allylic oxidation sites excluding steroid dienone is 2. The first-order valence-electron chi connectivity index (χ1n) is 3.26. The molecule has 1 fully saturated rings. The quantitative estimate of drug-likeness (QED) is 0.553. The van der Waals surface area contributed by atoms with Gasteiger partial charge in [-0.3, -0.25) is 0 Å². The van der Waals surface area contributed by atoms with Gasteiger partial charge in [-0.2, -0.15) is 0 Å². The van der Waals surface area contributed by atoms with E-state index in [1.54, 1.807) is 0 Å². The summed E-state index contributed by atoms with van der Waals surface area (Å²) < 4.78 is 10.1. The fourth-order valence-corrected chi connectivity index (χ4v) is 1.12. The highest BCUT2D eigenvalue weighted by Gasteiger charge is 2.23. The zero-order valence-electron chi connectivity index (χ0n) is 5.46. The third-order valence-electron chi connectivity index (χ3n) is 1.61. The lowest BCUT2D eigenvalue weighted by Gasteiger charge is -2.06.